The Morgan fingerprint density at radius 1 is 0.633 bits per heavy atom. The molecule has 0 fully saturated rings. The number of unbranched alkanes of at least 4 members (excludes halogenated alkanes) is 7. The summed E-state index contributed by atoms with van der Waals surface area (Å²) in [5.41, 5.74) is 0. The summed E-state index contributed by atoms with van der Waals surface area (Å²) in [6, 6.07) is 0. The Bertz CT molecular complexity index is 997. The van der Waals surface area contributed by atoms with Crippen molar-refractivity contribution in [1.82, 2.24) is 0 Å². The van der Waals surface area contributed by atoms with E-state index >= 15 is 0 Å². The number of likely N-dealkylation sites (N-methyl/N-ethyl adjacent to an activating group) is 2. The molecule has 0 spiro atoms. The highest BCUT2D eigenvalue weighted by Crippen LogP contribution is 2.16. The van der Waals surface area contributed by atoms with Gasteiger partial charge in [-0.1, -0.05) is 51.2 Å². The molecule has 0 aromatic carbocycles. The van der Waals surface area contributed by atoms with Gasteiger partial charge in [0.15, 0.2) is 13.1 Å². The van der Waals surface area contributed by atoms with Crippen LogP contribution in [0.5, 0.6) is 0 Å². The Morgan fingerprint density at radius 2 is 1.16 bits per heavy atom. The fourth-order valence-corrected chi connectivity index (χ4v) is 4.86. The average molecular weight is 703 g/mol. The number of carbonyl (C=O) groups is 5. The van der Waals surface area contributed by atoms with E-state index in [4.69, 9.17) is 23.7 Å². The smallest absolute Gasteiger partial charge is 0.362 e. The Hall–Kier alpha value is -3.03. The summed E-state index contributed by atoms with van der Waals surface area (Å²) in [6.07, 6.45) is 12.4. The number of ether oxygens (including phenoxy) is 5. The molecule has 0 radical (unpaired) electrons. The molecular formula is C36H66N2O11+2. The first-order chi connectivity index (χ1) is 23.1. The van der Waals surface area contributed by atoms with Gasteiger partial charge < -0.3 is 37.8 Å². The van der Waals surface area contributed by atoms with Crippen LogP contribution in [0.15, 0.2) is 12.2 Å². The molecule has 0 heterocycles. The number of aliphatic hydroxyl groups is 1. The normalized spacial score (nSPS) is 13.1. The summed E-state index contributed by atoms with van der Waals surface area (Å²) in [5.74, 6) is -1.81. The maximum atomic E-state index is 12.7. The van der Waals surface area contributed by atoms with Crippen molar-refractivity contribution in [3.05, 3.63) is 12.2 Å². The van der Waals surface area contributed by atoms with Crippen LogP contribution in [0.4, 0.5) is 0 Å². The van der Waals surface area contributed by atoms with Crippen LogP contribution in [-0.2, 0) is 47.7 Å². The van der Waals surface area contributed by atoms with Gasteiger partial charge in [-0.25, -0.2) is 9.59 Å². The molecule has 49 heavy (non-hydrogen) atoms. The van der Waals surface area contributed by atoms with Crippen LogP contribution in [0.3, 0.4) is 0 Å². The second kappa shape index (κ2) is 26.8. The van der Waals surface area contributed by atoms with Crippen LogP contribution >= 0.6 is 0 Å². The molecule has 13 nitrogen and oxygen atoms in total. The zero-order valence-electron chi connectivity index (χ0n) is 31.4. The summed E-state index contributed by atoms with van der Waals surface area (Å²) in [4.78, 5) is 58.6. The Labute approximate surface area is 294 Å². The molecule has 2 atom stereocenters. The Balaban J connectivity index is 4.16. The number of aliphatic hydroxyl groups excluding tert-OH is 1. The van der Waals surface area contributed by atoms with Crippen molar-refractivity contribution in [3.63, 3.8) is 0 Å². The number of carbonyl (C=O) groups excluding carboxylic acids is 5. The van der Waals surface area contributed by atoms with Crippen molar-refractivity contribution in [2.75, 3.05) is 80.8 Å². The van der Waals surface area contributed by atoms with Crippen molar-refractivity contribution in [3.8, 4) is 0 Å². The van der Waals surface area contributed by atoms with E-state index in [1.54, 1.807) is 0 Å². The van der Waals surface area contributed by atoms with Crippen LogP contribution in [0.2, 0.25) is 0 Å². The second-order valence-electron chi connectivity index (χ2n) is 13.9. The number of esters is 5. The van der Waals surface area contributed by atoms with E-state index in [1.807, 2.05) is 34.3 Å². The highest BCUT2D eigenvalue weighted by atomic mass is 16.6. The van der Waals surface area contributed by atoms with Gasteiger partial charge in [-0.15, -0.1) is 0 Å². The second-order valence-corrected chi connectivity index (χ2v) is 13.9. The maximum absolute atomic E-state index is 12.7. The van der Waals surface area contributed by atoms with Crippen LogP contribution in [0, 0.1) is 0 Å². The van der Waals surface area contributed by atoms with Gasteiger partial charge in [0.1, 0.15) is 45.6 Å². The number of nitrogens with zero attached hydrogens (tertiary/aromatic N) is 2. The zero-order valence-corrected chi connectivity index (χ0v) is 31.4. The molecule has 0 rings (SSSR count). The van der Waals surface area contributed by atoms with Gasteiger partial charge in [0.25, 0.3) is 0 Å². The number of hydrogen-bond donors (Lipinski definition) is 1. The molecule has 0 aromatic heterocycles. The summed E-state index contributed by atoms with van der Waals surface area (Å²) in [7, 11) is 7.42. The minimum absolute atomic E-state index is 0.00165. The van der Waals surface area contributed by atoms with E-state index in [0.717, 1.165) is 57.8 Å². The summed E-state index contributed by atoms with van der Waals surface area (Å²) in [6.45, 7) is 6.45. The van der Waals surface area contributed by atoms with Gasteiger partial charge in [-0.2, -0.15) is 0 Å². The quantitative estimate of drug-likeness (QED) is 0.0398. The molecule has 1 N–H and O–H groups in total. The van der Waals surface area contributed by atoms with Crippen LogP contribution in [0.1, 0.15) is 97.8 Å². The lowest BCUT2D eigenvalue weighted by molar-refractivity contribution is -0.883. The summed E-state index contributed by atoms with van der Waals surface area (Å²) < 4.78 is 26.6. The molecule has 284 valence electrons. The topological polar surface area (TPSA) is 152 Å². The lowest BCUT2D eigenvalue weighted by Crippen LogP contribution is -2.47. The predicted molar refractivity (Wildman–Crippen MR) is 185 cm³/mol. The largest absolute Gasteiger partial charge is 0.462 e. The number of allylic oxidation sites excluding steroid dienone is 1. The first-order valence-electron chi connectivity index (χ1n) is 17.8. The molecule has 13 heteroatoms. The highest BCUT2D eigenvalue weighted by Gasteiger charge is 2.27. The number of quaternary nitrogens is 2. The fraction of sp³-hybridized carbons (Fsp3) is 0.806. The van der Waals surface area contributed by atoms with E-state index < -0.39 is 18.2 Å². The predicted octanol–water partition coefficient (Wildman–Crippen LogP) is 3.88. The summed E-state index contributed by atoms with van der Waals surface area (Å²) >= 11 is 0. The van der Waals surface area contributed by atoms with E-state index in [0.29, 0.717) is 41.3 Å². The third kappa shape index (κ3) is 28.5. The Kier molecular flexibility index (Phi) is 25.1. The molecule has 2 unspecified atom stereocenters. The van der Waals surface area contributed by atoms with Crippen LogP contribution in [0.25, 0.3) is 0 Å². The van der Waals surface area contributed by atoms with E-state index in [1.165, 1.54) is 13.8 Å². The zero-order chi connectivity index (χ0) is 37.1. The van der Waals surface area contributed by atoms with E-state index in [2.05, 4.69) is 13.0 Å². The summed E-state index contributed by atoms with van der Waals surface area (Å²) in [5, 5.41) is 10.8. The molecule has 0 aromatic rings. The Morgan fingerprint density at radius 3 is 1.73 bits per heavy atom. The molecule has 0 aliphatic rings. The molecule has 0 saturated carbocycles. The van der Waals surface area contributed by atoms with Crippen molar-refractivity contribution in [2.45, 2.75) is 110 Å². The van der Waals surface area contributed by atoms with Gasteiger partial charge in [-0.3, -0.25) is 14.4 Å². The molecular weight excluding hydrogens is 636 g/mol. The van der Waals surface area contributed by atoms with Gasteiger partial charge in [0, 0.05) is 20.3 Å². The maximum Gasteiger partial charge on any atom is 0.362 e. The first-order valence-corrected chi connectivity index (χ1v) is 17.8. The van der Waals surface area contributed by atoms with E-state index in [-0.39, 0.29) is 63.4 Å². The van der Waals surface area contributed by atoms with Crippen molar-refractivity contribution in [1.29, 1.82) is 0 Å². The van der Waals surface area contributed by atoms with Gasteiger partial charge in [0.2, 0.25) is 0 Å². The molecule has 0 saturated heterocycles. The van der Waals surface area contributed by atoms with Gasteiger partial charge in [0.05, 0.1) is 34.3 Å². The molecule has 0 aliphatic heterocycles. The monoisotopic (exact) mass is 702 g/mol. The minimum atomic E-state index is -0.781. The fourth-order valence-electron chi connectivity index (χ4n) is 4.86. The van der Waals surface area contributed by atoms with Crippen molar-refractivity contribution >= 4 is 29.8 Å². The van der Waals surface area contributed by atoms with Crippen molar-refractivity contribution in [2.24, 2.45) is 0 Å². The SMILES string of the molecule is CCCCCC(OC(=O)C[N+](C)(C)CCOC(C)=O)C(O)CC=CCCCCCCCC(=O)OCCOC(=O)C[N+](C)(C)CCOC(C)=O. The highest BCUT2D eigenvalue weighted by molar-refractivity contribution is 5.71. The van der Waals surface area contributed by atoms with Crippen LogP contribution < -0.4 is 0 Å². The number of hydrogen-bond acceptors (Lipinski definition) is 11. The van der Waals surface area contributed by atoms with Gasteiger partial charge >= 0.3 is 29.8 Å². The molecule has 0 bridgehead atoms. The number of rotatable bonds is 29. The third-order valence-corrected chi connectivity index (χ3v) is 7.83. The first kappa shape index (κ1) is 46.0. The van der Waals surface area contributed by atoms with E-state index in [9.17, 15) is 29.1 Å². The van der Waals surface area contributed by atoms with Crippen LogP contribution in [-0.4, -0.2) is 137 Å². The molecule has 0 amide bonds. The lowest BCUT2D eigenvalue weighted by atomic mass is 10.0. The van der Waals surface area contributed by atoms with Gasteiger partial charge in [-0.05, 0) is 38.5 Å². The standard InChI is InChI=1S/C36H66N2O11/c1-8-9-16-20-33(49-36(44)29-38(6,7)23-25-46-31(3)40)32(41)19-17-14-12-10-11-13-15-18-21-34(42)47-26-27-48-35(43)28-37(4,5)22-24-45-30(2)39/h14,17,32-33,41H,8-13,15-16,18-29H2,1-7H3/q+2. The molecule has 0 aliphatic carbocycles. The van der Waals surface area contributed by atoms with Crippen molar-refractivity contribution < 1.29 is 61.7 Å². The minimum Gasteiger partial charge on any atom is -0.462 e. The lowest BCUT2D eigenvalue weighted by Gasteiger charge is -2.30. The average Bonchev–Trinajstić information content (AvgIpc) is 2.98. The third-order valence-electron chi connectivity index (χ3n) is 7.83.